The van der Waals surface area contributed by atoms with Gasteiger partial charge in [0.1, 0.15) is 10.4 Å². The molecule has 1 saturated heterocycles. The van der Waals surface area contributed by atoms with Gasteiger partial charge >= 0.3 is 0 Å². The largest absolute Gasteiger partial charge is 0.333 e. The van der Waals surface area contributed by atoms with Crippen molar-refractivity contribution in [3.05, 3.63) is 16.1 Å². The lowest BCUT2D eigenvalue weighted by molar-refractivity contribution is 0.0988. The molecule has 1 unspecified atom stereocenters. The summed E-state index contributed by atoms with van der Waals surface area (Å²) >= 11 is 3.58. The second-order valence-corrected chi connectivity index (χ2v) is 5.87. The number of aryl methyl sites for hydroxylation is 1. The van der Waals surface area contributed by atoms with Gasteiger partial charge in [0.25, 0.3) is 0 Å². The second-order valence-electron chi connectivity index (χ2n) is 5.12. The highest BCUT2D eigenvalue weighted by Gasteiger charge is 2.28. The van der Waals surface area contributed by atoms with E-state index in [0.29, 0.717) is 6.54 Å². The molecule has 0 radical (unpaired) electrons. The zero-order chi connectivity index (χ0) is 14.0. The van der Waals surface area contributed by atoms with E-state index in [1.807, 2.05) is 6.92 Å². The van der Waals surface area contributed by atoms with Crippen LogP contribution in [0.2, 0.25) is 0 Å². The Hall–Kier alpha value is -0.430. The van der Waals surface area contributed by atoms with E-state index in [0.717, 1.165) is 43.2 Å². The summed E-state index contributed by atoms with van der Waals surface area (Å²) in [6, 6.07) is 0.250. The molecule has 1 fully saturated rings. The summed E-state index contributed by atoms with van der Waals surface area (Å²) in [5.41, 5.74) is 7.23. The van der Waals surface area contributed by atoms with Crippen molar-refractivity contribution in [1.82, 2.24) is 19.4 Å². The number of nitrogens with zero attached hydrogens (tertiary/aromatic N) is 4. The van der Waals surface area contributed by atoms with Gasteiger partial charge in [0.2, 0.25) is 0 Å². The molecule has 2 N–H and O–H groups in total. The number of rotatable bonds is 4. The van der Waals surface area contributed by atoms with Crippen LogP contribution in [0.1, 0.15) is 24.5 Å². The fourth-order valence-electron chi connectivity index (χ4n) is 2.77. The quantitative estimate of drug-likeness (QED) is 0.899. The fourth-order valence-corrected chi connectivity index (χ4v) is 3.56. The van der Waals surface area contributed by atoms with Crippen LogP contribution < -0.4 is 5.73 Å². The maximum atomic E-state index is 6.03. The average molecular weight is 330 g/mol. The first-order valence-corrected chi connectivity index (χ1v) is 7.73. The van der Waals surface area contributed by atoms with Gasteiger partial charge in [-0.3, -0.25) is 4.90 Å². The predicted octanol–water partition coefficient (Wildman–Crippen LogP) is 1.13. The van der Waals surface area contributed by atoms with E-state index in [2.05, 4.69) is 49.3 Å². The Morgan fingerprint density at radius 1 is 1.32 bits per heavy atom. The van der Waals surface area contributed by atoms with E-state index >= 15 is 0 Å². The number of aromatic nitrogens is 2. The molecule has 1 aromatic heterocycles. The summed E-state index contributed by atoms with van der Waals surface area (Å²) in [6.07, 6.45) is 0. The Bertz CT molecular complexity index is 423. The molecule has 1 aliphatic heterocycles. The maximum Gasteiger partial charge on any atom is 0.129 e. The first-order chi connectivity index (χ1) is 9.08. The summed E-state index contributed by atoms with van der Waals surface area (Å²) in [4.78, 5) is 9.45. The summed E-state index contributed by atoms with van der Waals surface area (Å²) < 4.78 is 3.08. The first-order valence-electron chi connectivity index (χ1n) is 6.93. The van der Waals surface area contributed by atoms with Gasteiger partial charge in [-0.2, -0.15) is 0 Å². The molecule has 0 amide bonds. The van der Waals surface area contributed by atoms with Crippen molar-refractivity contribution in [2.24, 2.45) is 12.8 Å². The van der Waals surface area contributed by atoms with Crippen LogP contribution in [-0.4, -0.2) is 58.6 Å². The van der Waals surface area contributed by atoms with Crippen LogP contribution in [0.25, 0.3) is 0 Å². The zero-order valence-electron chi connectivity index (χ0n) is 12.1. The number of hydrogen-bond acceptors (Lipinski definition) is 4. The fraction of sp³-hybridized carbons (Fsp3) is 0.769. The molecule has 19 heavy (non-hydrogen) atoms. The van der Waals surface area contributed by atoms with E-state index in [4.69, 9.17) is 5.73 Å². The summed E-state index contributed by atoms with van der Waals surface area (Å²) in [5, 5.41) is 0. The van der Waals surface area contributed by atoms with E-state index in [1.54, 1.807) is 0 Å². The number of nitrogens with two attached hydrogens (primary N) is 1. The molecule has 0 aromatic carbocycles. The van der Waals surface area contributed by atoms with Crippen LogP contribution in [0.15, 0.2) is 4.60 Å². The molecular formula is C13H24BrN5. The topological polar surface area (TPSA) is 50.3 Å². The molecular weight excluding hydrogens is 306 g/mol. The van der Waals surface area contributed by atoms with Gasteiger partial charge in [-0.05, 0) is 29.4 Å². The van der Waals surface area contributed by atoms with E-state index in [9.17, 15) is 0 Å². The van der Waals surface area contributed by atoms with Gasteiger partial charge in [-0.15, -0.1) is 0 Å². The summed E-state index contributed by atoms with van der Waals surface area (Å²) in [5.74, 6) is 1.02. The molecule has 1 atom stereocenters. The van der Waals surface area contributed by atoms with E-state index in [1.165, 1.54) is 5.69 Å². The average Bonchev–Trinajstić information content (AvgIpc) is 2.67. The van der Waals surface area contributed by atoms with Crippen LogP contribution >= 0.6 is 15.9 Å². The van der Waals surface area contributed by atoms with Crippen molar-refractivity contribution in [1.29, 1.82) is 0 Å². The standard InChI is InChI=1S/C13H24BrN5/c1-4-18-5-7-19(8-6-18)11(9-15)12-13(14)16-10(2)17(12)3/h11H,4-9,15H2,1-3H3. The van der Waals surface area contributed by atoms with Crippen LogP contribution in [0, 0.1) is 6.92 Å². The molecule has 0 saturated carbocycles. The molecule has 6 heteroatoms. The van der Waals surface area contributed by atoms with Crippen molar-refractivity contribution < 1.29 is 0 Å². The number of halogens is 1. The molecule has 0 spiro atoms. The minimum Gasteiger partial charge on any atom is -0.333 e. The minimum absolute atomic E-state index is 0.250. The molecule has 108 valence electrons. The number of likely N-dealkylation sites (N-methyl/N-ethyl adjacent to an activating group) is 1. The first kappa shape index (κ1) is 15.0. The van der Waals surface area contributed by atoms with Crippen molar-refractivity contribution in [3.8, 4) is 0 Å². The normalized spacial score (nSPS) is 19.8. The minimum atomic E-state index is 0.250. The monoisotopic (exact) mass is 329 g/mol. The molecule has 2 rings (SSSR count). The zero-order valence-corrected chi connectivity index (χ0v) is 13.7. The van der Waals surface area contributed by atoms with Crippen molar-refractivity contribution >= 4 is 15.9 Å². The van der Waals surface area contributed by atoms with Gasteiger partial charge < -0.3 is 15.2 Å². The molecule has 1 aromatic rings. The predicted molar refractivity (Wildman–Crippen MR) is 81.1 cm³/mol. The number of piperazine rings is 1. The third-order valence-corrected chi connectivity index (χ3v) is 4.74. The highest BCUT2D eigenvalue weighted by Crippen LogP contribution is 2.28. The van der Waals surface area contributed by atoms with Crippen molar-refractivity contribution in [2.75, 3.05) is 39.3 Å². The summed E-state index contributed by atoms with van der Waals surface area (Å²) in [7, 11) is 2.06. The number of hydrogen-bond donors (Lipinski definition) is 1. The van der Waals surface area contributed by atoms with E-state index < -0.39 is 0 Å². The third kappa shape index (κ3) is 3.02. The molecule has 1 aliphatic rings. The molecule has 0 bridgehead atoms. The lowest BCUT2D eigenvalue weighted by Gasteiger charge is -2.38. The second kappa shape index (κ2) is 6.35. The van der Waals surface area contributed by atoms with Crippen molar-refractivity contribution in [2.45, 2.75) is 19.9 Å². The molecule has 5 nitrogen and oxygen atoms in total. The molecule has 0 aliphatic carbocycles. The number of imidazole rings is 1. The van der Waals surface area contributed by atoms with Gasteiger partial charge in [-0.25, -0.2) is 4.98 Å². The van der Waals surface area contributed by atoms with Gasteiger partial charge in [-0.1, -0.05) is 6.92 Å². The Labute approximate surface area is 123 Å². The van der Waals surface area contributed by atoms with E-state index in [-0.39, 0.29) is 6.04 Å². The van der Waals surface area contributed by atoms with Crippen LogP contribution in [0.5, 0.6) is 0 Å². The highest BCUT2D eigenvalue weighted by atomic mass is 79.9. The Morgan fingerprint density at radius 3 is 2.37 bits per heavy atom. The smallest absolute Gasteiger partial charge is 0.129 e. The lowest BCUT2D eigenvalue weighted by atomic mass is 10.1. The van der Waals surface area contributed by atoms with Gasteiger partial charge in [0, 0.05) is 39.8 Å². The Balaban J connectivity index is 2.16. The highest BCUT2D eigenvalue weighted by molar-refractivity contribution is 9.10. The Kier molecular flexibility index (Phi) is 5.00. The van der Waals surface area contributed by atoms with Crippen LogP contribution in [-0.2, 0) is 7.05 Å². The van der Waals surface area contributed by atoms with Crippen LogP contribution in [0.3, 0.4) is 0 Å². The lowest BCUT2D eigenvalue weighted by Crippen LogP contribution is -2.49. The van der Waals surface area contributed by atoms with Crippen molar-refractivity contribution in [3.63, 3.8) is 0 Å². The van der Waals surface area contributed by atoms with Gasteiger partial charge in [0.15, 0.2) is 0 Å². The third-order valence-electron chi connectivity index (χ3n) is 4.15. The Morgan fingerprint density at radius 2 is 1.95 bits per heavy atom. The SMILES string of the molecule is CCN1CCN(C(CN)c2c(Br)nc(C)n2C)CC1. The summed E-state index contributed by atoms with van der Waals surface area (Å²) in [6.45, 7) is 10.4. The van der Waals surface area contributed by atoms with Crippen LogP contribution in [0.4, 0.5) is 0 Å². The van der Waals surface area contributed by atoms with Gasteiger partial charge in [0.05, 0.1) is 11.7 Å². The maximum absolute atomic E-state index is 6.03. The molecule has 2 heterocycles.